The molecule has 0 aromatic heterocycles. The third-order valence-electron chi connectivity index (χ3n) is 4.14. The summed E-state index contributed by atoms with van der Waals surface area (Å²) < 4.78 is 12.9. The maximum Gasteiger partial charge on any atom is 0.318 e. The van der Waals surface area contributed by atoms with E-state index in [1.165, 1.54) is 18.6 Å². The van der Waals surface area contributed by atoms with E-state index in [4.69, 9.17) is 0 Å². The third-order valence-corrected chi connectivity index (χ3v) is 4.14. The zero-order valence-electron chi connectivity index (χ0n) is 12.4. The molecule has 0 aliphatic carbocycles. The van der Waals surface area contributed by atoms with Crippen LogP contribution in [0.3, 0.4) is 0 Å². The van der Waals surface area contributed by atoms with Crippen LogP contribution in [0.2, 0.25) is 0 Å². The molecule has 0 bridgehead atoms. The molecule has 1 saturated heterocycles. The quantitative estimate of drug-likeness (QED) is 0.875. The molecule has 1 N–H and O–H groups in total. The molecule has 1 heterocycles. The second-order valence-corrected chi connectivity index (χ2v) is 5.76. The van der Waals surface area contributed by atoms with Crippen molar-refractivity contribution in [2.24, 2.45) is 0 Å². The number of rotatable bonds is 2. The van der Waals surface area contributed by atoms with E-state index in [0.29, 0.717) is 0 Å². The number of amides is 2. The minimum absolute atomic E-state index is 0.0264. The van der Waals surface area contributed by atoms with Crippen molar-refractivity contribution >= 4 is 6.03 Å². The normalized spacial score (nSPS) is 24.3. The van der Waals surface area contributed by atoms with Crippen molar-refractivity contribution in [3.63, 3.8) is 0 Å². The summed E-state index contributed by atoms with van der Waals surface area (Å²) in [5.74, 6) is -0.259. The topological polar surface area (TPSA) is 32.3 Å². The van der Waals surface area contributed by atoms with Gasteiger partial charge in [0.1, 0.15) is 5.82 Å². The van der Waals surface area contributed by atoms with Crippen LogP contribution in [0.15, 0.2) is 24.3 Å². The fraction of sp³-hybridized carbons (Fsp3) is 0.562. The summed E-state index contributed by atoms with van der Waals surface area (Å²) in [6.45, 7) is 6.11. The lowest BCUT2D eigenvalue weighted by molar-refractivity contribution is 0.121. The Morgan fingerprint density at radius 1 is 1.25 bits per heavy atom. The number of carbonyl (C=O) groups is 1. The second-order valence-electron chi connectivity index (χ2n) is 5.76. The molecule has 2 rings (SSSR count). The summed E-state index contributed by atoms with van der Waals surface area (Å²) in [6, 6.07) is 6.67. The summed E-state index contributed by atoms with van der Waals surface area (Å²) >= 11 is 0. The molecule has 1 aromatic carbocycles. The first kappa shape index (κ1) is 14.8. The van der Waals surface area contributed by atoms with Gasteiger partial charge in [-0.25, -0.2) is 9.18 Å². The van der Waals surface area contributed by atoms with Crippen molar-refractivity contribution in [2.45, 2.75) is 58.2 Å². The van der Waals surface area contributed by atoms with Crippen LogP contribution in [0.5, 0.6) is 0 Å². The average molecular weight is 278 g/mol. The van der Waals surface area contributed by atoms with E-state index in [0.717, 1.165) is 18.4 Å². The van der Waals surface area contributed by atoms with E-state index in [2.05, 4.69) is 19.2 Å². The number of nitrogens with zero attached hydrogens (tertiary/aromatic N) is 1. The molecule has 0 spiro atoms. The lowest BCUT2D eigenvalue weighted by atomic mass is 9.98. The van der Waals surface area contributed by atoms with E-state index < -0.39 is 0 Å². The minimum atomic E-state index is -0.259. The van der Waals surface area contributed by atoms with Gasteiger partial charge in [-0.05, 0) is 57.7 Å². The van der Waals surface area contributed by atoms with Gasteiger partial charge in [-0.1, -0.05) is 12.1 Å². The van der Waals surface area contributed by atoms with Crippen LogP contribution in [0.4, 0.5) is 9.18 Å². The predicted molar refractivity (Wildman–Crippen MR) is 78.0 cm³/mol. The highest BCUT2D eigenvalue weighted by atomic mass is 19.1. The lowest BCUT2D eigenvalue weighted by Crippen LogP contribution is -2.52. The molecule has 2 amide bonds. The summed E-state index contributed by atoms with van der Waals surface area (Å²) in [6.07, 6.45) is 3.30. The smallest absolute Gasteiger partial charge is 0.318 e. The van der Waals surface area contributed by atoms with Crippen LogP contribution >= 0.6 is 0 Å². The van der Waals surface area contributed by atoms with E-state index in [1.807, 2.05) is 11.8 Å². The van der Waals surface area contributed by atoms with Crippen molar-refractivity contribution in [2.75, 3.05) is 0 Å². The van der Waals surface area contributed by atoms with Crippen molar-refractivity contribution < 1.29 is 9.18 Å². The van der Waals surface area contributed by atoms with Crippen molar-refractivity contribution in [3.8, 4) is 0 Å². The molecule has 1 aliphatic rings. The van der Waals surface area contributed by atoms with E-state index >= 15 is 0 Å². The lowest BCUT2D eigenvalue weighted by Gasteiger charge is -2.39. The summed E-state index contributed by atoms with van der Waals surface area (Å²) in [5, 5.41) is 3.01. The van der Waals surface area contributed by atoms with Gasteiger partial charge in [0.25, 0.3) is 0 Å². The van der Waals surface area contributed by atoms with E-state index in [1.54, 1.807) is 12.1 Å². The first-order chi connectivity index (χ1) is 9.49. The number of halogens is 1. The molecule has 3 nitrogen and oxygen atoms in total. The number of nitrogens with one attached hydrogen (secondary N) is 1. The van der Waals surface area contributed by atoms with Crippen molar-refractivity contribution in [1.29, 1.82) is 0 Å². The number of benzene rings is 1. The molecule has 0 radical (unpaired) electrons. The first-order valence-electron chi connectivity index (χ1n) is 7.33. The SMILES string of the molecule is CC(NC(=O)N1C(C)CCCC1C)c1ccc(F)cc1. The van der Waals surface area contributed by atoms with Crippen LogP contribution < -0.4 is 5.32 Å². The molecule has 1 aromatic rings. The van der Waals surface area contributed by atoms with Gasteiger partial charge in [-0.3, -0.25) is 0 Å². The number of hydrogen-bond acceptors (Lipinski definition) is 1. The van der Waals surface area contributed by atoms with E-state index in [-0.39, 0.29) is 30.0 Å². The van der Waals surface area contributed by atoms with Gasteiger partial charge in [0.05, 0.1) is 6.04 Å². The molecular formula is C16H23FN2O. The van der Waals surface area contributed by atoms with Gasteiger partial charge in [-0.15, -0.1) is 0 Å². The largest absolute Gasteiger partial charge is 0.331 e. The van der Waals surface area contributed by atoms with E-state index in [9.17, 15) is 9.18 Å². The highest BCUT2D eigenvalue weighted by molar-refractivity contribution is 5.75. The van der Waals surface area contributed by atoms with Crippen LogP contribution in [-0.4, -0.2) is 23.0 Å². The molecule has 1 fully saturated rings. The Hall–Kier alpha value is -1.58. The van der Waals surface area contributed by atoms with Gasteiger partial charge in [0.15, 0.2) is 0 Å². The number of hydrogen-bond donors (Lipinski definition) is 1. The third kappa shape index (κ3) is 3.30. The minimum Gasteiger partial charge on any atom is -0.331 e. The highest BCUT2D eigenvalue weighted by Gasteiger charge is 2.29. The molecule has 110 valence electrons. The molecule has 1 aliphatic heterocycles. The summed E-state index contributed by atoms with van der Waals surface area (Å²) in [7, 11) is 0. The molecule has 0 saturated carbocycles. The zero-order chi connectivity index (χ0) is 14.7. The van der Waals surface area contributed by atoms with Crippen molar-refractivity contribution in [3.05, 3.63) is 35.6 Å². The van der Waals surface area contributed by atoms with Crippen molar-refractivity contribution in [1.82, 2.24) is 10.2 Å². The van der Waals surface area contributed by atoms with Crippen LogP contribution in [-0.2, 0) is 0 Å². The Kier molecular flexibility index (Phi) is 4.63. The average Bonchev–Trinajstić information content (AvgIpc) is 2.39. The molecule has 3 atom stereocenters. The van der Waals surface area contributed by atoms with Gasteiger partial charge in [0, 0.05) is 12.1 Å². The van der Waals surface area contributed by atoms with Gasteiger partial charge >= 0.3 is 6.03 Å². The predicted octanol–water partition coefficient (Wildman–Crippen LogP) is 3.86. The summed E-state index contributed by atoms with van der Waals surface area (Å²) in [5.41, 5.74) is 0.914. The van der Waals surface area contributed by atoms with Crippen LogP contribution in [0.25, 0.3) is 0 Å². The Bertz CT molecular complexity index is 450. The maximum atomic E-state index is 12.9. The Labute approximate surface area is 120 Å². The zero-order valence-corrected chi connectivity index (χ0v) is 12.4. The van der Waals surface area contributed by atoms with Gasteiger partial charge in [-0.2, -0.15) is 0 Å². The van der Waals surface area contributed by atoms with Gasteiger partial charge in [0.2, 0.25) is 0 Å². The fourth-order valence-electron chi connectivity index (χ4n) is 2.92. The fourth-order valence-corrected chi connectivity index (χ4v) is 2.92. The highest BCUT2D eigenvalue weighted by Crippen LogP contribution is 2.23. The maximum absolute atomic E-state index is 12.9. The Morgan fingerprint density at radius 2 is 1.80 bits per heavy atom. The molecule has 20 heavy (non-hydrogen) atoms. The second kappa shape index (κ2) is 6.25. The van der Waals surface area contributed by atoms with Crippen LogP contribution in [0.1, 0.15) is 51.6 Å². The molecule has 4 heteroatoms. The Balaban J connectivity index is 2.01. The van der Waals surface area contributed by atoms with Gasteiger partial charge < -0.3 is 10.2 Å². The number of urea groups is 1. The first-order valence-corrected chi connectivity index (χ1v) is 7.33. The number of likely N-dealkylation sites (tertiary alicyclic amines) is 1. The number of carbonyl (C=O) groups excluding carboxylic acids is 1. The molecule has 3 unspecified atom stereocenters. The molecular weight excluding hydrogens is 255 g/mol. The Morgan fingerprint density at radius 3 is 2.35 bits per heavy atom. The summed E-state index contributed by atoms with van der Waals surface area (Å²) in [4.78, 5) is 14.3. The van der Waals surface area contributed by atoms with Crippen LogP contribution in [0, 0.1) is 5.82 Å². The number of piperidine rings is 1. The standard InChI is InChI=1S/C16H23FN2O/c1-11-5-4-6-12(2)19(11)16(20)18-13(3)14-7-9-15(17)10-8-14/h7-13H,4-6H2,1-3H3,(H,18,20). The monoisotopic (exact) mass is 278 g/mol.